The van der Waals surface area contributed by atoms with Gasteiger partial charge in [-0.05, 0) is 25.4 Å². The lowest BCUT2D eigenvalue weighted by molar-refractivity contribution is -0.137. The van der Waals surface area contributed by atoms with Crippen molar-refractivity contribution < 1.29 is 23.5 Å². The van der Waals surface area contributed by atoms with Gasteiger partial charge < -0.3 is 19.3 Å². The summed E-state index contributed by atoms with van der Waals surface area (Å²) in [6, 6.07) is 0. The molecule has 148 valence electrons. The summed E-state index contributed by atoms with van der Waals surface area (Å²) in [4.78, 5) is 23.1. The fourth-order valence-corrected chi connectivity index (χ4v) is 2.82. The van der Waals surface area contributed by atoms with Crippen LogP contribution in [0.4, 0.5) is 0 Å². The van der Waals surface area contributed by atoms with E-state index in [1.807, 2.05) is 6.26 Å². The van der Waals surface area contributed by atoms with Gasteiger partial charge in [0, 0.05) is 19.4 Å². The molecule has 0 radical (unpaired) electrons. The zero-order chi connectivity index (χ0) is 19.6. The Morgan fingerprint density at radius 2 is 1.74 bits per heavy atom. The van der Waals surface area contributed by atoms with E-state index in [-0.39, 0.29) is 24.6 Å². The lowest BCUT2D eigenvalue weighted by Crippen LogP contribution is -2.31. The standard InChI is InChI=1S/C15H21N5O5S2/c1-26-14-19-17-10(24-14)8-9(13-18-20-15(25-13)27-2)12(23)16-7-5-3-4-6-11(21)22/h9H,3-8H2,1-2H3,(H,16,23)(H,21,22). The number of carbonyl (C=O) groups is 2. The molecule has 12 heteroatoms. The Hall–Kier alpha value is -2.08. The number of unbranched alkanes of at least 4 members (excludes halogenated alkanes) is 2. The lowest BCUT2D eigenvalue weighted by Gasteiger charge is -2.11. The summed E-state index contributed by atoms with van der Waals surface area (Å²) >= 11 is 2.60. The second kappa shape index (κ2) is 10.9. The smallest absolute Gasteiger partial charge is 0.303 e. The molecule has 0 aliphatic heterocycles. The monoisotopic (exact) mass is 415 g/mol. The summed E-state index contributed by atoms with van der Waals surface area (Å²) in [7, 11) is 0. The Bertz CT molecular complexity index is 751. The van der Waals surface area contributed by atoms with Crippen LogP contribution in [0.1, 0.15) is 43.4 Å². The summed E-state index contributed by atoms with van der Waals surface area (Å²) < 4.78 is 11.0. The third-order valence-electron chi connectivity index (χ3n) is 3.58. The van der Waals surface area contributed by atoms with Crippen LogP contribution in [0.25, 0.3) is 0 Å². The molecular formula is C15H21N5O5S2. The van der Waals surface area contributed by atoms with E-state index in [4.69, 9.17) is 13.9 Å². The van der Waals surface area contributed by atoms with Crippen molar-refractivity contribution in [1.29, 1.82) is 0 Å². The fourth-order valence-electron chi connectivity index (χ4n) is 2.23. The van der Waals surface area contributed by atoms with Crippen molar-refractivity contribution in [2.24, 2.45) is 0 Å². The van der Waals surface area contributed by atoms with E-state index in [9.17, 15) is 9.59 Å². The maximum atomic E-state index is 12.6. The molecule has 0 saturated heterocycles. The van der Waals surface area contributed by atoms with Gasteiger partial charge in [-0.2, -0.15) is 0 Å². The fraction of sp³-hybridized carbons (Fsp3) is 0.600. The molecule has 2 rings (SSSR count). The molecule has 2 aromatic heterocycles. The molecule has 0 spiro atoms. The van der Waals surface area contributed by atoms with Crippen molar-refractivity contribution in [3.05, 3.63) is 11.8 Å². The summed E-state index contributed by atoms with van der Waals surface area (Å²) in [5, 5.41) is 27.9. The van der Waals surface area contributed by atoms with Gasteiger partial charge in [-0.3, -0.25) is 9.59 Å². The van der Waals surface area contributed by atoms with Crippen LogP contribution in [-0.2, 0) is 16.0 Å². The van der Waals surface area contributed by atoms with Gasteiger partial charge in [-0.1, -0.05) is 29.9 Å². The van der Waals surface area contributed by atoms with Gasteiger partial charge in [0.15, 0.2) is 0 Å². The highest BCUT2D eigenvalue weighted by atomic mass is 32.2. The minimum Gasteiger partial charge on any atom is -0.481 e. The minimum absolute atomic E-state index is 0.130. The minimum atomic E-state index is -0.815. The summed E-state index contributed by atoms with van der Waals surface area (Å²) in [6.07, 6.45) is 5.87. The number of hydrogen-bond donors (Lipinski definition) is 2. The Labute approximate surface area is 164 Å². The van der Waals surface area contributed by atoms with Crippen molar-refractivity contribution in [1.82, 2.24) is 25.7 Å². The normalized spacial score (nSPS) is 12.1. The lowest BCUT2D eigenvalue weighted by atomic mass is 10.0. The zero-order valence-electron chi connectivity index (χ0n) is 15.0. The zero-order valence-corrected chi connectivity index (χ0v) is 16.6. The summed E-state index contributed by atoms with van der Waals surface area (Å²) in [5.41, 5.74) is 0. The average Bonchev–Trinajstić information content (AvgIpc) is 3.31. The molecule has 2 heterocycles. The highest BCUT2D eigenvalue weighted by Crippen LogP contribution is 2.24. The number of rotatable bonds is 12. The van der Waals surface area contributed by atoms with Crippen LogP contribution < -0.4 is 5.32 Å². The van der Waals surface area contributed by atoms with Gasteiger partial charge >= 0.3 is 5.97 Å². The van der Waals surface area contributed by atoms with Crippen LogP contribution in [0, 0.1) is 0 Å². The van der Waals surface area contributed by atoms with Crippen molar-refractivity contribution in [3.8, 4) is 0 Å². The van der Waals surface area contributed by atoms with E-state index in [1.54, 1.807) is 6.26 Å². The Morgan fingerprint density at radius 1 is 1.04 bits per heavy atom. The molecule has 0 bridgehead atoms. The molecular weight excluding hydrogens is 394 g/mol. The van der Waals surface area contributed by atoms with Gasteiger partial charge in [-0.15, -0.1) is 20.4 Å². The second-order valence-corrected chi connectivity index (χ2v) is 7.04. The first-order valence-electron chi connectivity index (χ1n) is 8.26. The molecule has 27 heavy (non-hydrogen) atoms. The van der Waals surface area contributed by atoms with Crippen LogP contribution in [-0.4, -0.2) is 56.4 Å². The highest BCUT2D eigenvalue weighted by molar-refractivity contribution is 7.98. The molecule has 1 unspecified atom stereocenters. The summed E-state index contributed by atoms with van der Waals surface area (Å²) in [6.45, 7) is 0.429. The van der Waals surface area contributed by atoms with Crippen molar-refractivity contribution in [2.75, 3.05) is 19.1 Å². The molecule has 0 aliphatic carbocycles. The SMILES string of the molecule is CSc1nnc(CC(C(=O)NCCCCCC(=O)O)c2nnc(SC)o2)o1. The second-order valence-electron chi connectivity index (χ2n) is 5.53. The van der Waals surface area contributed by atoms with Crippen LogP contribution in [0.15, 0.2) is 19.3 Å². The van der Waals surface area contributed by atoms with Crippen LogP contribution in [0.5, 0.6) is 0 Å². The molecule has 0 aliphatic rings. The van der Waals surface area contributed by atoms with E-state index in [2.05, 4.69) is 25.7 Å². The molecule has 1 atom stereocenters. The molecule has 2 N–H and O–H groups in total. The number of carboxylic acids is 1. The molecule has 0 saturated carbocycles. The number of nitrogens with zero attached hydrogens (tertiary/aromatic N) is 4. The Balaban J connectivity index is 1.96. The highest BCUT2D eigenvalue weighted by Gasteiger charge is 2.29. The number of amides is 1. The number of aliphatic carboxylic acids is 1. The van der Waals surface area contributed by atoms with Crippen molar-refractivity contribution in [3.63, 3.8) is 0 Å². The van der Waals surface area contributed by atoms with Crippen LogP contribution in [0.3, 0.4) is 0 Å². The van der Waals surface area contributed by atoms with E-state index in [0.29, 0.717) is 35.7 Å². The van der Waals surface area contributed by atoms with Gasteiger partial charge in [0.1, 0.15) is 5.92 Å². The third kappa shape index (κ3) is 6.86. The number of carboxylic acid groups (broad SMARTS) is 1. The predicted molar refractivity (Wildman–Crippen MR) is 97.7 cm³/mol. The first-order valence-corrected chi connectivity index (χ1v) is 10.7. The number of thioether (sulfide) groups is 2. The van der Waals surface area contributed by atoms with Crippen LogP contribution >= 0.6 is 23.5 Å². The molecule has 0 aromatic carbocycles. The Kier molecular flexibility index (Phi) is 8.58. The number of aromatic nitrogens is 4. The molecule has 2 aromatic rings. The third-order valence-corrected chi connectivity index (χ3v) is 4.61. The average molecular weight is 415 g/mol. The van der Waals surface area contributed by atoms with Crippen LogP contribution in [0.2, 0.25) is 0 Å². The molecule has 0 fully saturated rings. The molecule has 1 amide bonds. The number of nitrogens with one attached hydrogen (secondary N) is 1. The van der Waals surface area contributed by atoms with Crippen molar-refractivity contribution >= 4 is 35.4 Å². The number of hydrogen-bond acceptors (Lipinski definition) is 10. The van der Waals surface area contributed by atoms with Gasteiger partial charge in [0.2, 0.25) is 17.7 Å². The van der Waals surface area contributed by atoms with Gasteiger partial charge in [-0.25, -0.2) is 0 Å². The van der Waals surface area contributed by atoms with E-state index < -0.39 is 11.9 Å². The van der Waals surface area contributed by atoms with Gasteiger partial charge in [0.05, 0.1) is 0 Å². The van der Waals surface area contributed by atoms with Crippen molar-refractivity contribution in [2.45, 2.75) is 48.5 Å². The van der Waals surface area contributed by atoms with E-state index in [1.165, 1.54) is 23.5 Å². The maximum absolute atomic E-state index is 12.6. The topological polar surface area (TPSA) is 144 Å². The quantitative estimate of drug-likeness (QED) is 0.388. The maximum Gasteiger partial charge on any atom is 0.303 e. The van der Waals surface area contributed by atoms with E-state index >= 15 is 0 Å². The summed E-state index contributed by atoms with van der Waals surface area (Å²) in [5.74, 6) is -1.35. The predicted octanol–water partition coefficient (Wildman–Crippen LogP) is 1.98. The largest absolute Gasteiger partial charge is 0.481 e. The first kappa shape index (κ1) is 21.2. The number of carbonyl (C=O) groups excluding carboxylic acids is 1. The van der Waals surface area contributed by atoms with Gasteiger partial charge in [0.25, 0.3) is 10.4 Å². The Morgan fingerprint density at radius 3 is 2.37 bits per heavy atom. The first-order chi connectivity index (χ1) is 13.0. The van der Waals surface area contributed by atoms with E-state index in [0.717, 1.165) is 6.42 Å². The molecule has 10 nitrogen and oxygen atoms in total.